The fraction of sp³-hybridized carbons (Fsp3) is 0.0323. The number of aromatic amines is 2. The number of hydrogen-bond donors (Lipinski definition) is 2. The number of fused-ring (bicyclic) bond motifs is 6. The van der Waals surface area contributed by atoms with Gasteiger partial charge in [-0.2, -0.15) is 0 Å². The van der Waals surface area contributed by atoms with E-state index in [-0.39, 0.29) is 0 Å². The van der Waals surface area contributed by atoms with Gasteiger partial charge in [0.25, 0.3) is 0 Å². The van der Waals surface area contributed by atoms with Crippen LogP contribution in [0.3, 0.4) is 0 Å². The maximum Gasteiger partial charge on any atom is 0.118 e. The van der Waals surface area contributed by atoms with Crippen LogP contribution in [-0.2, 0) is 0 Å². The smallest absolute Gasteiger partial charge is 0.118 e. The number of methoxy groups -OCH3 is 1. The first-order chi connectivity index (χ1) is 16.8. The van der Waals surface area contributed by atoms with E-state index in [0.29, 0.717) is 0 Å². The van der Waals surface area contributed by atoms with Gasteiger partial charge in [-0.1, -0.05) is 78.9 Å². The van der Waals surface area contributed by atoms with E-state index in [1.807, 2.05) is 12.1 Å². The SMILES string of the molecule is COc1ccc(-c2c3[nH]c4ccccc4c3c(-c3ccccc3)c3c2[nH]c2ccccc23)cc1. The van der Waals surface area contributed by atoms with Crippen LogP contribution in [0.25, 0.3) is 65.9 Å². The molecule has 0 fully saturated rings. The molecule has 0 radical (unpaired) electrons. The first-order valence-electron chi connectivity index (χ1n) is 11.5. The molecule has 0 unspecified atom stereocenters. The number of para-hydroxylation sites is 2. The number of nitrogens with one attached hydrogen (secondary N) is 2. The van der Waals surface area contributed by atoms with Crippen molar-refractivity contribution in [3.63, 3.8) is 0 Å². The van der Waals surface area contributed by atoms with Crippen LogP contribution in [0, 0.1) is 0 Å². The molecule has 0 aliphatic rings. The van der Waals surface area contributed by atoms with Gasteiger partial charge in [0.2, 0.25) is 0 Å². The second-order valence-corrected chi connectivity index (χ2v) is 8.69. The summed E-state index contributed by atoms with van der Waals surface area (Å²) in [6, 6.07) is 36.3. The summed E-state index contributed by atoms with van der Waals surface area (Å²) in [6.07, 6.45) is 0. The first-order valence-corrected chi connectivity index (χ1v) is 11.5. The molecule has 0 bridgehead atoms. The highest BCUT2D eigenvalue weighted by molar-refractivity contribution is 6.32. The van der Waals surface area contributed by atoms with Crippen molar-refractivity contribution < 1.29 is 4.74 Å². The maximum atomic E-state index is 5.44. The zero-order chi connectivity index (χ0) is 22.6. The highest BCUT2D eigenvalue weighted by Crippen LogP contribution is 2.48. The molecule has 5 aromatic carbocycles. The molecular formula is C31H22N2O. The summed E-state index contributed by atoms with van der Waals surface area (Å²) in [5.41, 5.74) is 9.37. The van der Waals surface area contributed by atoms with Gasteiger partial charge < -0.3 is 14.7 Å². The molecule has 0 aliphatic carbocycles. The second kappa shape index (κ2) is 7.26. The van der Waals surface area contributed by atoms with E-state index >= 15 is 0 Å². The highest BCUT2D eigenvalue weighted by atomic mass is 16.5. The summed E-state index contributed by atoms with van der Waals surface area (Å²) in [7, 11) is 1.70. The summed E-state index contributed by atoms with van der Waals surface area (Å²) in [6.45, 7) is 0. The van der Waals surface area contributed by atoms with Gasteiger partial charge >= 0.3 is 0 Å². The monoisotopic (exact) mass is 438 g/mol. The largest absolute Gasteiger partial charge is 0.497 e. The molecule has 162 valence electrons. The third kappa shape index (κ3) is 2.64. The van der Waals surface area contributed by atoms with E-state index in [1.165, 1.54) is 38.2 Å². The Bertz CT molecular complexity index is 1730. The number of hydrogen-bond acceptors (Lipinski definition) is 1. The topological polar surface area (TPSA) is 40.8 Å². The van der Waals surface area contributed by atoms with Gasteiger partial charge in [-0.3, -0.25) is 0 Å². The van der Waals surface area contributed by atoms with Crippen molar-refractivity contribution >= 4 is 43.6 Å². The van der Waals surface area contributed by atoms with Crippen LogP contribution in [0.5, 0.6) is 5.75 Å². The van der Waals surface area contributed by atoms with Crippen molar-refractivity contribution in [2.75, 3.05) is 7.11 Å². The molecule has 0 amide bonds. The Hall–Kier alpha value is -4.50. The summed E-state index contributed by atoms with van der Waals surface area (Å²) < 4.78 is 5.44. The van der Waals surface area contributed by atoms with Gasteiger partial charge in [-0.25, -0.2) is 0 Å². The van der Waals surface area contributed by atoms with Crippen molar-refractivity contribution in [2.45, 2.75) is 0 Å². The van der Waals surface area contributed by atoms with E-state index in [0.717, 1.165) is 33.4 Å². The predicted molar refractivity (Wildman–Crippen MR) is 143 cm³/mol. The number of aromatic nitrogens is 2. The Morgan fingerprint density at radius 1 is 0.500 bits per heavy atom. The number of H-pyrrole nitrogens is 2. The average molecular weight is 439 g/mol. The van der Waals surface area contributed by atoms with E-state index in [4.69, 9.17) is 4.74 Å². The Morgan fingerprint density at radius 3 is 1.56 bits per heavy atom. The number of ether oxygens (including phenoxy) is 1. The second-order valence-electron chi connectivity index (χ2n) is 8.69. The lowest BCUT2D eigenvalue weighted by molar-refractivity contribution is 0.415. The van der Waals surface area contributed by atoms with Gasteiger partial charge in [0.15, 0.2) is 0 Å². The molecule has 0 atom stereocenters. The molecule has 3 heteroatoms. The van der Waals surface area contributed by atoms with Gasteiger partial charge in [-0.15, -0.1) is 0 Å². The fourth-order valence-electron chi connectivity index (χ4n) is 5.37. The number of rotatable bonds is 3. The van der Waals surface area contributed by atoms with Crippen molar-refractivity contribution in [3.8, 4) is 28.0 Å². The first kappa shape index (κ1) is 19.0. The maximum absolute atomic E-state index is 5.44. The third-order valence-corrected chi connectivity index (χ3v) is 6.85. The van der Waals surface area contributed by atoms with Crippen LogP contribution < -0.4 is 4.74 Å². The Kier molecular flexibility index (Phi) is 4.06. The molecule has 0 aliphatic heterocycles. The minimum Gasteiger partial charge on any atom is -0.497 e. The van der Waals surface area contributed by atoms with Crippen LogP contribution >= 0.6 is 0 Å². The normalized spacial score (nSPS) is 11.7. The summed E-state index contributed by atoms with van der Waals surface area (Å²) >= 11 is 0. The standard InChI is InChI=1S/C31H22N2O/c1-34-21-17-15-20(16-18-21)27-30-28(22-11-5-7-13-24(22)32-30)26(19-9-3-2-4-10-19)29-23-12-6-8-14-25(23)33-31(27)29/h2-18,32-33H,1H3. The minimum absolute atomic E-state index is 0.852. The summed E-state index contributed by atoms with van der Waals surface area (Å²) in [4.78, 5) is 7.54. The quantitative estimate of drug-likeness (QED) is 0.286. The van der Waals surface area contributed by atoms with E-state index in [1.54, 1.807) is 7.11 Å². The van der Waals surface area contributed by atoms with E-state index < -0.39 is 0 Å². The van der Waals surface area contributed by atoms with Crippen LogP contribution in [-0.4, -0.2) is 17.1 Å². The van der Waals surface area contributed by atoms with Crippen molar-refractivity contribution in [3.05, 3.63) is 103 Å². The Balaban J connectivity index is 1.77. The molecule has 2 heterocycles. The van der Waals surface area contributed by atoms with Gasteiger partial charge in [0.05, 0.1) is 18.1 Å². The van der Waals surface area contributed by atoms with Crippen LogP contribution in [0.4, 0.5) is 0 Å². The molecular weight excluding hydrogens is 416 g/mol. The van der Waals surface area contributed by atoms with Crippen LogP contribution in [0.1, 0.15) is 0 Å². The Morgan fingerprint density at radius 2 is 1.00 bits per heavy atom. The van der Waals surface area contributed by atoms with Gasteiger partial charge in [0.1, 0.15) is 5.75 Å². The molecule has 2 N–H and O–H groups in total. The fourth-order valence-corrected chi connectivity index (χ4v) is 5.37. The molecule has 2 aromatic heterocycles. The van der Waals surface area contributed by atoms with Crippen molar-refractivity contribution in [1.82, 2.24) is 9.97 Å². The van der Waals surface area contributed by atoms with Crippen molar-refractivity contribution in [2.24, 2.45) is 0 Å². The van der Waals surface area contributed by atoms with Crippen LogP contribution in [0.2, 0.25) is 0 Å². The third-order valence-electron chi connectivity index (χ3n) is 6.85. The van der Waals surface area contributed by atoms with Crippen LogP contribution in [0.15, 0.2) is 103 Å². The molecule has 0 spiro atoms. The summed E-state index contributed by atoms with van der Waals surface area (Å²) in [5.74, 6) is 0.852. The zero-order valence-electron chi connectivity index (χ0n) is 18.7. The lowest BCUT2D eigenvalue weighted by Crippen LogP contribution is -1.89. The molecule has 7 aromatic rings. The summed E-state index contributed by atoms with van der Waals surface area (Å²) in [5, 5.41) is 4.98. The molecule has 34 heavy (non-hydrogen) atoms. The van der Waals surface area contributed by atoms with Crippen molar-refractivity contribution in [1.29, 1.82) is 0 Å². The average Bonchev–Trinajstić information content (AvgIpc) is 3.47. The lowest BCUT2D eigenvalue weighted by Gasteiger charge is -2.13. The number of benzene rings is 5. The minimum atomic E-state index is 0.852. The van der Waals surface area contributed by atoms with Gasteiger partial charge in [-0.05, 0) is 35.4 Å². The Labute approximate surface area is 196 Å². The molecule has 0 saturated heterocycles. The lowest BCUT2D eigenvalue weighted by atomic mass is 9.90. The van der Waals surface area contributed by atoms with Gasteiger partial charge in [0, 0.05) is 43.7 Å². The van der Waals surface area contributed by atoms with E-state index in [2.05, 4.69) is 101 Å². The zero-order valence-corrected chi connectivity index (χ0v) is 18.7. The highest BCUT2D eigenvalue weighted by Gasteiger charge is 2.23. The molecule has 7 rings (SSSR count). The van der Waals surface area contributed by atoms with E-state index in [9.17, 15) is 0 Å². The molecule has 0 saturated carbocycles. The molecule has 3 nitrogen and oxygen atoms in total. The predicted octanol–water partition coefficient (Wildman–Crippen LogP) is 8.30.